The molecule has 0 aliphatic carbocycles. The number of aryl methyl sites for hydroxylation is 2. The summed E-state index contributed by atoms with van der Waals surface area (Å²) in [7, 11) is 1.47. The smallest absolute Gasteiger partial charge is 0.153 e. The number of aromatic nitrogens is 3. The van der Waals surface area contributed by atoms with Gasteiger partial charge in [-0.3, -0.25) is 5.10 Å². The van der Waals surface area contributed by atoms with E-state index in [2.05, 4.69) is 36.8 Å². The SMILES string of the molecule is COOCc1ccc(OCCNc2nc(Nc3cc(C)[nH]n3)cc(C)c2C#N)cc1. The summed E-state index contributed by atoms with van der Waals surface area (Å²) in [6, 6.07) is 13.5. The van der Waals surface area contributed by atoms with Gasteiger partial charge in [-0.2, -0.15) is 10.4 Å². The van der Waals surface area contributed by atoms with E-state index < -0.39 is 0 Å². The minimum atomic E-state index is 0.377. The number of H-pyrrole nitrogens is 1. The molecule has 3 N–H and O–H groups in total. The highest BCUT2D eigenvalue weighted by Gasteiger charge is 2.11. The lowest BCUT2D eigenvalue weighted by molar-refractivity contribution is -0.282. The first kappa shape index (κ1) is 21.1. The van der Waals surface area contributed by atoms with Gasteiger partial charge >= 0.3 is 0 Å². The van der Waals surface area contributed by atoms with Gasteiger partial charge < -0.3 is 15.4 Å². The molecule has 1 aromatic carbocycles. The van der Waals surface area contributed by atoms with Gasteiger partial charge in [-0.25, -0.2) is 14.8 Å². The second-order valence-corrected chi connectivity index (χ2v) is 6.57. The minimum Gasteiger partial charge on any atom is -0.492 e. The number of anilines is 3. The lowest BCUT2D eigenvalue weighted by Crippen LogP contribution is -2.14. The molecule has 9 nitrogen and oxygen atoms in total. The van der Waals surface area contributed by atoms with Gasteiger partial charge in [0.15, 0.2) is 5.82 Å². The topological polar surface area (TPSA) is 117 Å². The van der Waals surface area contributed by atoms with E-state index in [-0.39, 0.29) is 0 Å². The van der Waals surface area contributed by atoms with Crippen LogP contribution >= 0.6 is 0 Å². The van der Waals surface area contributed by atoms with Crippen LogP contribution in [0.15, 0.2) is 36.4 Å². The fraction of sp³-hybridized carbons (Fsp3) is 0.286. The standard InChI is InChI=1S/C21H24N6O3/c1-14-10-19(24-20-11-15(2)26-27-20)25-21(18(14)12-22)23-8-9-29-17-6-4-16(5-7-17)13-30-28-3/h4-7,10-11H,8-9,13H2,1-3H3,(H3,23,24,25,26,27). The number of aromatic amines is 1. The lowest BCUT2D eigenvalue weighted by Gasteiger charge is -2.13. The molecule has 0 aliphatic rings. The highest BCUT2D eigenvalue weighted by Crippen LogP contribution is 2.22. The van der Waals surface area contributed by atoms with Gasteiger partial charge in [-0.05, 0) is 43.2 Å². The molecular formula is C21H24N6O3. The van der Waals surface area contributed by atoms with Crippen molar-refractivity contribution in [3.63, 3.8) is 0 Å². The molecule has 0 unspecified atom stereocenters. The van der Waals surface area contributed by atoms with E-state index in [1.165, 1.54) is 7.11 Å². The Balaban J connectivity index is 1.58. The van der Waals surface area contributed by atoms with Gasteiger partial charge in [-0.1, -0.05) is 12.1 Å². The molecule has 0 aliphatic heterocycles. The maximum absolute atomic E-state index is 9.49. The normalized spacial score (nSPS) is 10.5. The van der Waals surface area contributed by atoms with E-state index in [1.807, 2.05) is 50.2 Å². The lowest BCUT2D eigenvalue weighted by atomic mass is 10.1. The van der Waals surface area contributed by atoms with Gasteiger partial charge in [-0.15, -0.1) is 0 Å². The fourth-order valence-corrected chi connectivity index (χ4v) is 2.77. The van der Waals surface area contributed by atoms with Gasteiger partial charge in [0.1, 0.15) is 36.7 Å². The maximum Gasteiger partial charge on any atom is 0.153 e. The predicted octanol–water partition coefficient (Wildman–Crippen LogP) is 3.61. The average Bonchev–Trinajstić information content (AvgIpc) is 3.15. The summed E-state index contributed by atoms with van der Waals surface area (Å²) in [6.45, 7) is 5.07. The minimum absolute atomic E-state index is 0.377. The number of hydrogen-bond acceptors (Lipinski definition) is 8. The number of hydrogen-bond donors (Lipinski definition) is 3. The number of nitriles is 1. The van der Waals surface area contributed by atoms with Crippen molar-refractivity contribution in [1.29, 1.82) is 5.26 Å². The van der Waals surface area contributed by atoms with Crippen LogP contribution in [0.4, 0.5) is 17.5 Å². The van der Waals surface area contributed by atoms with Crippen molar-refractivity contribution in [3.8, 4) is 11.8 Å². The molecule has 0 amide bonds. The zero-order chi connectivity index (χ0) is 21.3. The molecule has 3 rings (SSSR count). The zero-order valence-corrected chi connectivity index (χ0v) is 17.2. The number of nitrogens with zero attached hydrogens (tertiary/aromatic N) is 3. The maximum atomic E-state index is 9.49. The summed E-state index contributed by atoms with van der Waals surface area (Å²) in [6.07, 6.45) is 0. The highest BCUT2D eigenvalue weighted by molar-refractivity contribution is 5.63. The quantitative estimate of drug-likeness (QED) is 0.265. The third-order valence-corrected chi connectivity index (χ3v) is 4.22. The highest BCUT2D eigenvalue weighted by atomic mass is 17.2. The summed E-state index contributed by atoms with van der Waals surface area (Å²) < 4.78 is 5.74. The van der Waals surface area contributed by atoms with Crippen molar-refractivity contribution < 1.29 is 14.5 Å². The van der Waals surface area contributed by atoms with Gasteiger partial charge in [0.2, 0.25) is 0 Å². The van der Waals surface area contributed by atoms with Gasteiger partial charge in [0.05, 0.1) is 19.2 Å². The predicted molar refractivity (Wildman–Crippen MR) is 113 cm³/mol. The number of nitrogens with one attached hydrogen (secondary N) is 3. The molecule has 156 valence electrons. The van der Waals surface area contributed by atoms with E-state index >= 15 is 0 Å². The van der Waals surface area contributed by atoms with Crippen LogP contribution in [0.2, 0.25) is 0 Å². The van der Waals surface area contributed by atoms with E-state index in [4.69, 9.17) is 9.62 Å². The van der Waals surface area contributed by atoms with E-state index in [0.29, 0.717) is 42.8 Å². The number of rotatable bonds is 10. The molecule has 0 saturated heterocycles. The third kappa shape index (κ3) is 5.70. The zero-order valence-electron chi connectivity index (χ0n) is 17.2. The Morgan fingerprint density at radius 1 is 1.13 bits per heavy atom. The monoisotopic (exact) mass is 408 g/mol. The molecule has 0 bridgehead atoms. The molecule has 2 aromatic heterocycles. The van der Waals surface area contributed by atoms with E-state index in [9.17, 15) is 5.26 Å². The Morgan fingerprint density at radius 2 is 1.93 bits per heavy atom. The second-order valence-electron chi connectivity index (χ2n) is 6.57. The molecule has 0 saturated carbocycles. The first-order chi connectivity index (χ1) is 14.6. The summed E-state index contributed by atoms with van der Waals surface area (Å²) in [5.41, 5.74) is 3.25. The molecule has 0 atom stereocenters. The van der Waals surface area contributed by atoms with Crippen molar-refractivity contribution in [2.45, 2.75) is 20.5 Å². The molecule has 2 heterocycles. The van der Waals surface area contributed by atoms with Crippen molar-refractivity contribution in [2.24, 2.45) is 0 Å². The fourth-order valence-electron chi connectivity index (χ4n) is 2.77. The second kappa shape index (κ2) is 10.2. The van der Waals surface area contributed by atoms with Crippen LogP contribution < -0.4 is 15.4 Å². The Bertz CT molecular complexity index is 1010. The average molecular weight is 408 g/mol. The third-order valence-electron chi connectivity index (χ3n) is 4.22. The molecular weight excluding hydrogens is 384 g/mol. The van der Waals surface area contributed by atoms with Gasteiger partial charge in [0.25, 0.3) is 0 Å². The summed E-state index contributed by atoms with van der Waals surface area (Å²) >= 11 is 0. The van der Waals surface area contributed by atoms with Crippen LogP contribution in [-0.2, 0) is 16.4 Å². The van der Waals surface area contributed by atoms with E-state index in [0.717, 1.165) is 22.6 Å². The van der Waals surface area contributed by atoms with E-state index in [1.54, 1.807) is 0 Å². The van der Waals surface area contributed by atoms with Crippen LogP contribution in [0.3, 0.4) is 0 Å². The first-order valence-electron chi connectivity index (χ1n) is 9.41. The van der Waals surface area contributed by atoms with Gasteiger partial charge in [0, 0.05) is 11.8 Å². The molecule has 3 aromatic rings. The van der Waals surface area contributed by atoms with Crippen LogP contribution in [-0.4, -0.2) is 35.4 Å². The Hall–Kier alpha value is -3.61. The number of ether oxygens (including phenoxy) is 1. The molecule has 0 radical (unpaired) electrons. The number of pyridine rings is 1. The molecule has 0 spiro atoms. The van der Waals surface area contributed by atoms with Crippen molar-refractivity contribution in [2.75, 3.05) is 30.9 Å². The summed E-state index contributed by atoms with van der Waals surface area (Å²) in [5, 5.41) is 22.8. The van der Waals surface area contributed by atoms with Crippen LogP contribution in [0.5, 0.6) is 5.75 Å². The van der Waals surface area contributed by atoms with Crippen LogP contribution in [0, 0.1) is 25.2 Å². The van der Waals surface area contributed by atoms with Crippen LogP contribution in [0.25, 0.3) is 0 Å². The molecule has 9 heteroatoms. The first-order valence-corrected chi connectivity index (χ1v) is 9.41. The Labute approximate surface area is 174 Å². The molecule has 0 fully saturated rings. The van der Waals surface area contributed by atoms with Crippen LogP contribution in [0.1, 0.15) is 22.4 Å². The Morgan fingerprint density at radius 3 is 2.60 bits per heavy atom. The largest absolute Gasteiger partial charge is 0.492 e. The summed E-state index contributed by atoms with van der Waals surface area (Å²) in [4.78, 5) is 14.0. The summed E-state index contributed by atoms with van der Waals surface area (Å²) in [5.74, 6) is 2.52. The Kier molecular flexibility index (Phi) is 7.21. The van der Waals surface area contributed by atoms with Crippen molar-refractivity contribution >= 4 is 17.5 Å². The molecule has 30 heavy (non-hydrogen) atoms. The van der Waals surface area contributed by atoms with Crippen molar-refractivity contribution in [3.05, 3.63) is 58.8 Å². The number of benzene rings is 1. The van der Waals surface area contributed by atoms with Crippen molar-refractivity contribution in [1.82, 2.24) is 15.2 Å².